The SMILES string of the molecule is Cc1nc(NCCNC(=O)[C@@H]2CCC(=O)N2)cc(-n2cccc2)n1. The van der Waals surface area contributed by atoms with Crippen molar-refractivity contribution in [2.75, 3.05) is 18.4 Å². The van der Waals surface area contributed by atoms with Crippen LogP contribution in [0.25, 0.3) is 5.82 Å². The Hall–Kier alpha value is -2.90. The molecular formula is C16H20N6O2. The number of carbonyl (C=O) groups is 2. The number of aromatic nitrogens is 3. The largest absolute Gasteiger partial charge is 0.368 e. The lowest BCUT2D eigenvalue weighted by atomic mass is 10.2. The Kier molecular flexibility index (Phi) is 4.74. The predicted octanol–water partition coefficient (Wildman–Crippen LogP) is 0.382. The summed E-state index contributed by atoms with van der Waals surface area (Å²) < 4.78 is 1.91. The molecule has 0 saturated carbocycles. The van der Waals surface area contributed by atoms with Crippen LogP contribution in [-0.2, 0) is 9.59 Å². The summed E-state index contributed by atoms with van der Waals surface area (Å²) in [5, 5.41) is 8.63. The summed E-state index contributed by atoms with van der Waals surface area (Å²) in [5.74, 6) is 1.94. The molecule has 2 aromatic rings. The lowest BCUT2D eigenvalue weighted by molar-refractivity contribution is -0.125. The molecular weight excluding hydrogens is 308 g/mol. The maximum Gasteiger partial charge on any atom is 0.242 e. The molecule has 3 rings (SSSR count). The summed E-state index contributed by atoms with van der Waals surface area (Å²) in [6.45, 7) is 2.82. The van der Waals surface area contributed by atoms with Gasteiger partial charge in [-0.05, 0) is 25.5 Å². The molecule has 2 aromatic heterocycles. The Bertz CT molecular complexity index is 728. The first-order valence-corrected chi connectivity index (χ1v) is 7.92. The molecule has 24 heavy (non-hydrogen) atoms. The van der Waals surface area contributed by atoms with Gasteiger partial charge in [-0.25, -0.2) is 9.97 Å². The van der Waals surface area contributed by atoms with Gasteiger partial charge < -0.3 is 20.5 Å². The zero-order valence-corrected chi connectivity index (χ0v) is 13.5. The number of aryl methyl sites for hydroxylation is 1. The Labute approximate surface area is 139 Å². The summed E-state index contributed by atoms with van der Waals surface area (Å²) >= 11 is 0. The molecule has 1 saturated heterocycles. The third-order valence-corrected chi connectivity index (χ3v) is 3.74. The van der Waals surface area contributed by atoms with Gasteiger partial charge in [0, 0.05) is 38.0 Å². The van der Waals surface area contributed by atoms with Crippen molar-refractivity contribution < 1.29 is 9.59 Å². The van der Waals surface area contributed by atoms with Crippen LogP contribution in [0.2, 0.25) is 0 Å². The van der Waals surface area contributed by atoms with Crippen molar-refractivity contribution in [2.45, 2.75) is 25.8 Å². The average Bonchev–Trinajstić information content (AvgIpc) is 3.22. The molecule has 3 heterocycles. The highest BCUT2D eigenvalue weighted by Gasteiger charge is 2.26. The van der Waals surface area contributed by atoms with E-state index < -0.39 is 6.04 Å². The molecule has 0 aromatic carbocycles. The third-order valence-electron chi connectivity index (χ3n) is 3.74. The van der Waals surface area contributed by atoms with E-state index >= 15 is 0 Å². The molecule has 126 valence electrons. The van der Waals surface area contributed by atoms with E-state index in [0.29, 0.717) is 37.6 Å². The van der Waals surface area contributed by atoms with Gasteiger partial charge in [0.25, 0.3) is 0 Å². The summed E-state index contributed by atoms with van der Waals surface area (Å²) in [7, 11) is 0. The second-order valence-electron chi connectivity index (χ2n) is 5.63. The third kappa shape index (κ3) is 3.89. The number of amides is 2. The maximum absolute atomic E-state index is 11.9. The lowest BCUT2D eigenvalue weighted by Gasteiger charge is -2.12. The van der Waals surface area contributed by atoms with E-state index in [-0.39, 0.29) is 11.8 Å². The fourth-order valence-electron chi connectivity index (χ4n) is 2.57. The molecule has 0 unspecified atom stereocenters. The second kappa shape index (κ2) is 7.12. The van der Waals surface area contributed by atoms with Crippen LogP contribution in [0, 0.1) is 6.92 Å². The number of nitrogens with zero attached hydrogens (tertiary/aromatic N) is 3. The van der Waals surface area contributed by atoms with E-state index in [9.17, 15) is 9.59 Å². The monoisotopic (exact) mass is 328 g/mol. The van der Waals surface area contributed by atoms with Crippen LogP contribution in [0.1, 0.15) is 18.7 Å². The second-order valence-corrected chi connectivity index (χ2v) is 5.63. The summed E-state index contributed by atoms with van der Waals surface area (Å²) in [6, 6.07) is 5.31. The molecule has 1 fully saturated rings. The van der Waals surface area contributed by atoms with Crippen molar-refractivity contribution in [3.8, 4) is 5.82 Å². The Morgan fingerprint density at radius 1 is 1.33 bits per heavy atom. The topological polar surface area (TPSA) is 101 Å². The minimum absolute atomic E-state index is 0.0673. The molecule has 8 heteroatoms. The average molecular weight is 328 g/mol. The molecule has 1 aliphatic rings. The first kappa shape index (κ1) is 16.0. The van der Waals surface area contributed by atoms with Gasteiger partial charge in [-0.2, -0.15) is 0 Å². The zero-order valence-electron chi connectivity index (χ0n) is 13.5. The fourth-order valence-corrected chi connectivity index (χ4v) is 2.57. The van der Waals surface area contributed by atoms with Gasteiger partial charge in [0.15, 0.2) is 0 Å². The van der Waals surface area contributed by atoms with E-state index in [1.807, 2.05) is 42.1 Å². The maximum atomic E-state index is 11.9. The van der Waals surface area contributed by atoms with E-state index in [1.54, 1.807) is 0 Å². The molecule has 0 radical (unpaired) electrons. The number of rotatable bonds is 6. The van der Waals surface area contributed by atoms with E-state index in [1.165, 1.54) is 0 Å². The van der Waals surface area contributed by atoms with Crippen LogP contribution in [-0.4, -0.2) is 45.5 Å². The van der Waals surface area contributed by atoms with Crippen molar-refractivity contribution in [1.82, 2.24) is 25.2 Å². The van der Waals surface area contributed by atoms with Gasteiger partial charge >= 0.3 is 0 Å². The quantitative estimate of drug-likeness (QED) is 0.666. The first-order valence-electron chi connectivity index (χ1n) is 7.92. The number of hydrogen-bond acceptors (Lipinski definition) is 5. The Balaban J connectivity index is 1.50. The molecule has 3 N–H and O–H groups in total. The van der Waals surface area contributed by atoms with Crippen LogP contribution in [0.15, 0.2) is 30.6 Å². The molecule has 1 atom stereocenters. The molecule has 0 aliphatic carbocycles. The van der Waals surface area contributed by atoms with Crippen LogP contribution in [0.3, 0.4) is 0 Å². The molecule has 2 amide bonds. The summed E-state index contributed by atoms with van der Waals surface area (Å²) in [5.41, 5.74) is 0. The van der Waals surface area contributed by atoms with E-state index in [2.05, 4.69) is 25.9 Å². The van der Waals surface area contributed by atoms with Gasteiger partial charge in [0.2, 0.25) is 11.8 Å². The normalized spacial score (nSPS) is 16.7. The van der Waals surface area contributed by atoms with Crippen LogP contribution < -0.4 is 16.0 Å². The highest BCUT2D eigenvalue weighted by atomic mass is 16.2. The lowest BCUT2D eigenvalue weighted by Crippen LogP contribution is -2.43. The van der Waals surface area contributed by atoms with E-state index in [4.69, 9.17) is 0 Å². The minimum Gasteiger partial charge on any atom is -0.368 e. The predicted molar refractivity (Wildman–Crippen MR) is 88.8 cm³/mol. The molecule has 1 aliphatic heterocycles. The van der Waals surface area contributed by atoms with Crippen molar-refractivity contribution >= 4 is 17.6 Å². The number of hydrogen-bond donors (Lipinski definition) is 3. The first-order chi connectivity index (χ1) is 11.6. The van der Waals surface area contributed by atoms with Gasteiger partial charge in [0.1, 0.15) is 23.5 Å². The number of nitrogens with one attached hydrogen (secondary N) is 3. The minimum atomic E-state index is -0.404. The van der Waals surface area contributed by atoms with Crippen molar-refractivity contribution in [2.24, 2.45) is 0 Å². The van der Waals surface area contributed by atoms with Crippen molar-refractivity contribution in [1.29, 1.82) is 0 Å². The number of carbonyl (C=O) groups excluding carboxylic acids is 2. The van der Waals surface area contributed by atoms with Crippen LogP contribution in [0.4, 0.5) is 5.82 Å². The zero-order chi connectivity index (χ0) is 16.9. The van der Waals surface area contributed by atoms with Crippen molar-refractivity contribution in [3.05, 3.63) is 36.4 Å². The molecule has 0 bridgehead atoms. The Morgan fingerprint density at radius 2 is 2.12 bits per heavy atom. The van der Waals surface area contributed by atoms with Crippen LogP contribution in [0.5, 0.6) is 0 Å². The van der Waals surface area contributed by atoms with E-state index in [0.717, 1.165) is 5.82 Å². The van der Waals surface area contributed by atoms with Gasteiger partial charge in [-0.1, -0.05) is 0 Å². The molecule has 8 nitrogen and oxygen atoms in total. The number of anilines is 1. The summed E-state index contributed by atoms with van der Waals surface area (Å²) in [4.78, 5) is 31.7. The Morgan fingerprint density at radius 3 is 2.83 bits per heavy atom. The van der Waals surface area contributed by atoms with Gasteiger partial charge in [-0.3, -0.25) is 9.59 Å². The summed E-state index contributed by atoms with van der Waals surface area (Å²) in [6.07, 6.45) is 4.81. The molecule has 0 spiro atoms. The fraction of sp³-hybridized carbons (Fsp3) is 0.375. The smallest absolute Gasteiger partial charge is 0.242 e. The standard InChI is InChI=1S/C16H20N6O2/c1-11-19-13(10-14(20-11)22-8-2-3-9-22)17-6-7-18-16(24)12-4-5-15(23)21-12/h2-3,8-10,12H,4-7H2,1H3,(H,18,24)(H,21,23)(H,17,19,20)/t12-/m0/s1. The highest BCUT2D eigenvalue weighted by molar-refractivity contribution is 5.90. The van der Waals surface area contributed by atoms with Gasteiger partial charge in [0.05, 0.1) is 0 Å². The highest BCUT2D eigenvalue weighted by Crippen LogP contribution is 2.11. The van der Waals surface area contributed by atoms with Gasteiger partial charge in [-0.15, -0.1) is 0 Å². The van der Waals surface area contributed by atoms with Crippen LogP contribution >= 0.6 is 0 Å². The van der Waals surface area contributed by atoms with Crippen molar-refractivity contribution in [3.63, 3.8) is 0 Å².